The first kappa shape index (κ1) is 31.9. The summed E-state index contributed by atoms with van der Waals surface area (Å²) in [6.45, 7) is 5.70. The van der Waals surface area contributed by atoms with Crippen molar-refractivity contribution in [3.8, 4) is 0 Å². The fourth-order valence-corrected chi connectivity index (χ4v) is 4.61. The molecule has 16 heteroatoms. The lowest BCUT2D eigenvalue weighted by molar-refractivity contribution is 0.0104. The summed E-state index contributed by atoms with van der Waals surface area (Å²) in [5.41, 5.74) is 8.11. The number of hydrogen-bond acceptors (Lipinski definition) is 11. The molecule has 6 N–H and O–H groups in total. The first-order chi connectivity index (χ1) is 19.7. The Labute approximate surface area is 237 Å². The van der Waals surface area contributed by atoms with Crippen LogP contribution in [0, 0.1) is 0 Å². The Hall–Kier alpha value is -3.65. The van der Waals surface area contributed by atoms with Gasteiger partial charge < -0.3 is 40.6 Å². The SMILES string of the molecule is CCCCNc1nc2c(N)nc3ccccc3c2n1CCOP(=O)(O)OC[C@@H](COC(=O)NCC)OC(=O)NCC. The number of nitrogens with zero attached hydrogens (tertiary/aromatic N) is 3. The Morgan fingerprint density at radius 2 is 1.80 bits per heavy atom. The lowest BCUT2D eigenvalue weighted by Crippen LogP contribution is -2.36. The molecule has 3 rings (SSSR count). The van der Waals surface area contributed by atoms with E-state index in [0.717, 1.165) is 18.2 Å². The zero-order chi connectivity index (χ0) is 29.8. The van der Waals surface area contributed by atoms with Crippen LogP contribution >= 0.6 is 7.82 Å². The molecular formula is C25H38N7O8P. The number of nitrogens with two attached hydrogens (primary N) is 1. The predicted octanol–water partition coefficient (Wildman–Crippen LogP) is 3.37. The Balaban J connectivity index is 1.71. The standard InChI is InChI=1S/C25H38N7O8P/c1-4-7-12-29-23-31-20-21(18-10-8-9-11-19(18)30-22(20)26)32(23)13-14-38-41(35,36)39-16-17(40-25(34)28-6-3)15-37-24(33)27-5-2/h8-11,17H,4-7,12-16H2,1-3H3,(H2,26,30)(H,27,33)(H,28,34)(H,29,31)(H,35,36)/t17-/m1/s1. The molecule has 0 fully saturated rings. The van der Waals surface area contributed by atoms with Crippen molar-refractivity contribution < 1.29 is 37.6 Å². The summed E-state index contributed by atoms with van der Waals surface area (Å²) in [6.07, 6.45) is -0.809. The van der Waals surface area contributed by atoms with Gasteiger partial charge in [0.1, 0.15) is 12.1 Å². The summed E-state index contributed by atoms with van der Waals surface area (Å²) in [6, 6.07) is 7.47. The van der Waals surface area contributed by atoms with Gasteiger partial charge in [-0.3, -0.25) is 9.05 Å². The summed E-state index contributed by atoms with van der Waals surface area (Å²) in [5.74, 6) is 0.787. The van der Waals surface area contributed by atoms with Gasteiger partial charge in [-0.2, -0.15) is 0 Å². The van der Waals surface area contributed by atoms with Gasteiger partial charge in [0, 0.05) is 25.0 Å². The molecule has 2 atom stereocenters. The van der Waals surface area contributed by atoms with E-state index < -0.39 is 39.3 Å². The van der Waals surface area contributed by atoms with E-state index in [9.17, 15) is 19.0 Å². The van der Waals surface area contributed by atoms with Crippen LogP contribution in [0.1, 0.15) is 33.6 Å². The number of imidazole rings is 1. The zero-order valence-electron chi connectivity index (χ0n) is 23.4. The molecule has 226 valence electrons. The fraction of sp³-hybridized carbons (Fsp3) is 0.520. The number of anilines is 2. The molecule has 0 aliphatic rings. The molecule has 0 aliphatic heterocycles. The molecule has 1 aromatic carbocycles. The first-order valence-corrected chi connectivity index (χ1v) is 14.9. The maximum atomic E-state index is 12.7. The molecule has 2 amide bonds. The number of carbonyl (C=O) groups is 2. The van der Waals surface area contributed by atoms with Crippen LogP contribution in [0.4, 0.5) is 21.4 Å². The quantitative estimate of drug-likeness (QED) is 0.120. The minimum Gasteiger partial charge on any atom is -0.446 e. The highest BCUT2D eigenvalue weighted by molar-refractivity contribution is 7.47. The molecule has 3 aromatic rings. The number of phosphoric ester groups is 1. The largest absolute Gasteiger partial charge is 0.472 e. The Bertz CT molecular complexity index is 1370. The maximum Gasteiger partial charge on any atom is 0.472 e. The molecule has 0 radical (unpaired) electrons. The molecule has 15 nitrogen and oxygen atoms in total. The highest BCUT2D eigenvalue weighted by atomic mass is 31.2. The number of rotatable bonds is 16. The number of aromatic nitrogens is 3. The summed E-state index contributed by atoms with van der Waals surface area (Å²) >= 11 is 0. The van der Waals surface area contributed by atoms with E-state index >= 15 is 0 Å². The van der Waals surface area contributed by atoms with Gasteiger partial charge in [0.25, 0.3) is 0 Å². The molecule has 1 unspecified atom stereocenters. The Kier molecular flexibility index (Phi) is 12.0. The molecule has 0 saturated carbocycles. The number of hydrogen-bond donors (Lipinski definition) is 5. The maximum absolute atomic E-state index is 12.7. The van der Waals surface area contributed by atoms with Crippen LogP contribution in [0.3, 0.4) is 0 Å². The molecule has 41 heavy (non-hydrogen) atoms. The number of fused-ring (bicyclic) bond motifs is 3. The number of pyridine rings is 1. The molecular weight excluding hydrogens is 557 g/mol. The number of phosphoric acid groups is 1. The number of ether oxygens (including phenoxy) is 2. The van der Waals surface area contributed by atoms with Crippen molar-refractivity contribution in [3.63, 3.8) is 0 Å². The Morgan fingerprint density at radius 3 is 2.54 bits per heavy atom. The van der Waals surface area contributed by atoms with Crippen molar-refractivity contribution in [2.24, 2.45) is 0 Å². The van der Waals surface area contributed by atoms with Gasteiger partial charge in [-0.1, -0.05) is 31.5 Å². The van der Waals surface area contributed by atoms with Gasteiger partial charge in [-0.25, -0.2) is 24.1 Å². The number of unbranched alkanes of at least 4 members (excludes halogenated alkanes) is 1. The van der Waals surface area contributed by atoms with Crippen LogP contribution < -0.4 is 21.7 Å². The topological polar surface area (TPSA) is 201 Å². The summed E-state index contributed by atoms with van der Waals surface area (Å²) < 4.78 is 34.9. The third kappa shape index (κ3) is 9.18. The van der Waals surface area contributed by atoms with Crippen molar-refractivity contribution in [2.45, 2.75) is 46.3 Å². The van der Waals surface area contributed by atoms with E-state index in [1.165, 1.54) is 0 Å². The summed E-state index contributed by atoms with van der Waals surface area (Å²) in [4.78, 5) is 42.9. The number of amides is 2. The number of nitrogen functional groups attached to an aromatic ring is 1. The average molecular weight is 596 g/mol. The van der Waals surface area contributed by atoms with Gasteiger partial charge in [0.05, 0.1) is 30.8 Å². The third-order valence-electron chi connectivity index (χ3n) is 5.73. The van der Waals surface area contributed by atoms with E-state index in [4.69, 9.17) is 24.3 Å². The van der Waals surface area contributed by atoms with Crippen LogP contribution in [0.15, 0.2) is 24.3 Å². The molecule has 0 bridgehead atoms. The number of nitrogens with one attached hydrogen (secondary N) is 3. The number of alkyl carbamates (subject to hydrolysis) is 2. The average Bonchev–Trinajstić information content (AvgIpc) is 3.30. The van der Waals surface area contributed by atoms with E-state index in [1.54, 1.807) is 13.8 Å². The highest BCUT2D eigenvalue weighted by Gasteiger charge is 2.27. The van der Waals surface area contributed by atoms with Crippen molar-refractivity contribution in [3.05, 3.63) is 24.3 Å². The fourth-order valence-electron chi connectivity index (χ4n) is 3.87. The van der Waals surface area contributed by atoms with Gasteiger partial charge in [-0.05, 0) is 26.3 Å². The van der Waals surface area contributed by atoms with Crippen LogP contribution in [0.5, 0.6) is 0 Å². The van der Waals surface area contributed by atoms with Crippen LogP contribution in [-0.2, 0) is 29.6 Å². The van der Waals surface area contributed by atoms with Crippen LogP contribution in [-0.4, -0.2) is 77.2 Å². The van der Waals surface area contributed by atoms with Crippen LogP contribution in [0.2, 0.25) is 0 Å². The third-order valence-corrected chi connectivity index (χ3v) is 6.72. The predicted molar refractivity (Wildman–Crippen MR) is 154 cm³/mol. The minimum atomic E-state index is -4.60. The monoisotopic (exact) mass is 595 g/mol. The number of carbonyl (C=O) groups excluding carboxylic acids is 2. The van der Waals surface area contributed by atoms with E-state index in [0.29, 0.717) is 42.1 Å². The molecule has 2 aromatic heterocycles. The summed E-state index contributed by atoms with van der Waals surface area (Å²) in [5, 5.41) is 8.96. The molecule has 0 spiro atoms. The number of para-hydroxylation sites is 1. The second-order valence-corrected chi connectivity index (χ2v) is 10.3. The van der Waals surface area contributed by atoms with Crippen molar-refractivity contribution in [1.29, 1.82) is 0 Å². The molecule has 2 heterocycles. The Morgan fingerprint density at radius 1 is 1.07 bits per heavy atom. The highest BCUT2D eigenvalue weighted by Crippen LogP contribution is 2.43. The second kappa shape index (κ2) is 15.4. The van der Waals surface area contributed by atoms with E-state index in [-0.39, 0.29) is 19.0 Å². The first-order valence-electron chi connectivity index (χ1n) is 13.4. The van der Waals surface area contributed by atoms with Crippen LogP contribution in [0.25, 0.3) is 21.9 Å². The van der Waals surface area contributed by atoms with E-state index in [2.05, 4.69) is 32.8 Å². The van der Waals surface area contributed by atoms with Gasteiger partial charge >= 0.3 is 20.0 Å². The summed E-state index contributed by atoms with van der Waals surface area (Å²) in [7, 11) is -4.60. The molecule has 0 aliphatic carbocycles. The minimum absolute atomic E-state index is 0.130. The zero-order valence-corrected chi connectivity index (χ0v) is 24.3. The van der Waals surface area contributed by atoms with Gasteiger partial charge in [0.2, 0.25) is 5.95 Å². The normalized spacial score (nSPS) is 13.5. The van der Waals surface area contributed by atoms with Gasteiger partial charge in [0.15, 0.2) is 11.9 Å². The van der Waals surface area contributed by atoms with Crippen molar-refractivity contribution in [1.82, 2.24) is 25.2 Å². The van der Waals surface area contributed by atoms with E-state index in [1.807, 2.05) is 28.8 Å². The van der Waals surface area contributed by atoms with Gasteiger partial charge in [-0.15, -0.1) is 0 Å². The molecule has 0 saturated heterocycles. The second-order valence-electron chi connectivity index (χ2n) is 8.86. The van der Waals surface area contributed by atoms with Crippen molar-refractivity contribution >= 4 is 53.7 Å². The smallest absolute Gasteiger partial charge is 0.446 e. The lowest BCUT2D eigenvalue weighted by Gasteiger charge is -2.20. The van der Waals surface area contributed by atoms with Crippen molar-refractivity contribution in [2.75, 3.05) is 50.5 Å². The number of benzene rings is 1. The lowest BCUT2D eigenvalue weighted by atomic mass is 10.2.